The van der Waals surface area contributed by atoms with Crippen molar-refractivity contribution in [3.05, 3.63) is 72.4 Å². The summed E-state index contributed by atoms with van der Waals surface area (Å²) >= 11 is 1.59. The number of benzene rings is 2. The fourth-order valence-electron chi connectivity index (χ4n) is 3.93. The Morgan fingerprint density at radius 1 is 1.00 bits per heavy atom. The van der Waals surface area contributed by atoms with Gasteiger partial charge >= 0.3 is 6.03 Å². The molecule has 2 N–H and O–H groups in total. The first-order chi connectivity index (χ1) is 15.7. The summed E-state index contributed by atoms with van der Waals surface area (Å²) < 4.78 is 2.00. The quantitative estimate of drug-likeness (QED) is 0.467. The molecule has 1 aliphatic rings. The van der Waals surface area contributed by atoms with Gasteiger partial charge in [-0.25, -0.2) is 9.78 Å². The highest BCUT2D eigenvalue weighted by atomic mass is 32.1. The Kier molecular flexibility index (Phi) is 5.60. The highest BCUT2D eigenvalue weighted by molar-refractivity contribution is 7.15. The van der Waals surface area contributed by atoms with Crippen LogP contribution < -0.4 is 10.6 Å². The number of para-hydroxylation sites is 1. The van der Waals surface area contributed by atoms with Crippen LogP contribution >= 0.6 is 11.3 Å². The molecule has 0 spiro atoms. The van der Waals surface area contributed by atoms with Crippen molar-refractivity contribution in [1.82, 2.24) is 14.3 Å². The number of anilines is 2. The Morgan fingerprint density at radius 2 is 1.78 bits per heavy atom. The number of amides is 3. The number of rotatable bonds is 4. The highest BCUT2D eigenvalue weighted by Gasteiger charge is 2.28. The minimum absolute atomic E-state index is 0.0579. The lowest BCUT2D eigenvalue weighted by Crippen LogP contribution is -2.45. The van der Waals surface area contributed by atoms with Crippen molar-refractivity contribution in [3.8, 4) is 11.3 Å². The van der Waals surface area contributed by atoms with Crippen LogP contribution in [0.1, 0.15) is 12.8 Å². The van der Waals surface area contributed by atoms with Gasteiger partial charge in [0.15, 0.2) is 4.96 Å². The lowest BCUT2D eigenvalue weighted by Gasteiger charge is -2.32. The van der Waals surface area contributed by atoms with Crippen LogP contribution in [0.15, 0.2) is 72.4 Å². The summed E-state index contributed by atoms with van der Waals surface area (Å²) in [6.07, 6.45) is 5.55. The van der Waals surface area contributed by atoms with Crippen LogP contribution in [0.5, 0.6) is 0 Å². The standard InChI is InChI=1S/C24H23N5O2S/c30-22(18-5-4-12-28(15-18)23(31)26-19-6-2-1-3-7-19)25-20-10-8-17(9-11-20)21-16-29-13-14-32-24(29)27-21/h1-3,6-11,13-14,16,18H,4-5,12,15H2,(H,25,30)(H,26,31)/t18-/m1/s1. The summed E-state index contributed by atoms with van der Waals surface area (Å²) in [5, 5.41) is 7.90. The van der Waals surface area contributed by atoms with Gasteiger partial charge in [-0.05, 0) is 37.1 Å². The van der Waals surface area contributed by atoms with Crippen LogP contribution in [0.2, 0.25) is 0 Å². The summed E-state index contributed by atoms with van der Waals surface area (Å²) in [7, 11) is 0. The molecule has 2 aromatic carbocycles. The molecule has 0 unspecified atom stereocenters. The third-order valence-corrected chi connectivity index (χ3v) is 6.42. The van der Waals surface area contributed by atoms with Crippen LogP contribution in [0.25, 0.3) is 16.2 Å². The van der Waals surface area contributed by atoms with Gasteiger partial charge in [-0.2, -0.15) is 0 Å². The summed E-state index contributed by atoms with van der Waals surface area (Å²) in [5.41, 5.74) is 3.40. The molecule has 0 aliphatic carbocycles. The second kappa shape index (κ2) is 8.84. The number of hydrogen-bond donors (Lipinski definition) is 2. The summed E-state index contributed by atoms with van der Waals surface area (Å²) in [4.78, 5) is 32.7. The molecule has 32 heavy (non-hydrogen) atoms. The van der Waals surface area contributed by atoms with E-state index in [4.69, 9.17) is 0 Å². The van der Waals surface area contributed by atoms with E-state index >= 15 is 0 Å². The van der Waals surface area contributed by atoms with E-state index in [2.05, 4.69) is 15.6 Å². The highest BCUT2D eigenvalue weighted by Crippen LogP contribution is 2.24. The average Bonchev–Trinajstić information content (AvgIpc) is 3.43. The Morgan fingerprint density at radius 3 is 2.56 bits per heavy atom. The molecule has 162 valence electrons. The van der Waals surface area contributed by atoms with Gasteiger partial charge in [-0.3, -0.25) is 9.20 Å². The molecule has 3 amide bonds. The van der Waals surface area contributed by atoms with Crippen molar-refractivity contribution in [2.24, 2.45) is 5.92 Å². The minimum atomic E-state index is -0.232. The van der Waals surface area contributed by atoms with Gasteiger partial charge in [0.25, 0.3) is 0 Å². The van der Waals surface area contributed by atoms with Crippen LogP contribution in [0, 0.1) is 5.92 Å². The first-order valence-electron chi connectivity index (χ1n) is 10.6. The van der Waals surface area contributed by atoms with Gasteiger partial charge in [-0.1, -0.05) is 30.3 Å². The Hall–Kier alpha value is -3.65. The average molecular weight is 446 g/mol. The predicted octanol–water partition coefficient (Wildman–Crippen LogP) is 4.95. The molecule has 1 atom stereocenters. The fraction of sp³-hybridized carbons (Fsp3) is 0.208. The van der Waals surface area contributed by atoms with E-state index in [1.165, 1.54) is 0 Å². The van der Waals surface area contributed by atoms with Crippen molar-refractivity contribution in [3.63, 3.8) is 0 Å². The van der Waals surface area contributed by atoms with Crippen molar-refractivity contribution in [2.45, 2.75) is 12.8 Å². The van der Waals surface area contributed by atoms with E-state index in [0.29, 0.717) is 13.1 Å². The molecule has 0 saturated carbocycles. The van der Waals surface area contributed by atoms with E-state index in [1.54, 1.807) is 16.2 Å². The number of hydrogen-bond acceptors (Lipinski definition) is 4. The lowest BCUT2D eigenvalue weighted by atomic mass is 9.97. The maximum absolute atomic E-state index is 12.8. The monoisotopic (exact) mass is 445 g/mol. The molecule has 5 rings (SSSR count). The topological polar surface area (TPSA) is 78.7 Å². The second-order valence-corrected chi connectivity index (χ2v) is 8.74. The number of nitrogens with zero attached hydrogens (tertiary/aromatic N) is 3. The number of thiazole rings is 1. The number of imidazole rings is 1. The number of carbonyl (C=O) groups is 2. The van der Waals surface area contributed by atoms with E-state index in [1.807, 2.05) is 76.8 Å². The molecule has 3 heterocycles. The van der Waals surface area contributed by atoms with Crippen LogP contribution in [0.4, 0.5) is 16.2 Å². The zero-order chi connectivity index (χ0) is 21.9. The third-order valence-electron chi connectivity index (χ3n) is 5.65. The SMILES string of the molecule is O=C(Nc1ccc(-c2cn3ccsc3n2)cc1)[C@@H]1CCCN(C(=O)Nc2ccccc2)C1. The lowest BCUT2D eigenvalue weighted by molar-refractivity contribution is -0.121. The number of nitrogens with one attached hydrogen (secondary N) is 2. The zero-order valence-corrected chi connectivity index (χ0v) is 18.2. The smallest absolute Gasteiger partial charge is 0.321 e. The Balaban J connectivity index is 1.19. The van der Waals surface area contributed by atoms with Crippen LogP contribution in [-0.2, 0) is 4.79 Å². The van der Waals surface area contributed by atoms with Crippen LogP contribution in [-0.4, -0.2) is 39.3 Å². The Labute approximate surface area is 189 Å². The molecule has 1 fully saturated rings. The van der Waals surface area contributed by atoms with Crippen molar-refractivity contribution in [2.75, 3.05) is 23.7 Å². The first-order valence-corrected chi connectivity index (χ1v) is 11.5. The van der Waals surface area contributed by atoms with Crippen molar-refractivity contribution >= 4 is 39.6 Å². The largest absolute Gasteiger partial charge is 0.326 e. The molecule has 4 aromatic rings. The number of fused-ring (bicyclic) bond motifs is 1. The van der Waals surface area contributed by atoms with E-state index < -0.39 is 0 Å². The fourth-order valence-corrected chi connectivity index (χ4v) is 4.63. The molecular formula is C24H23N5O2S. The van der Waals surface area contributed by atoms with Gasteiger partial charge in [0.1, 0.15) is 0 Å². The summed E-state index contributed by atoms with van der Waals surface area (Å²) in [6.45, 7) is 1.06. The van der Waals surface area contributed by atoms with Crippen molar-refractivity contribution < 1.29 is 9.59 Å². The number of carbonyl (C=O) groups excluding carboxylic acids is 2. The molecular weight excluding hydrogens is 422 g/mol. The van der Waals surface area contributed by atoms with Crippen molar-refractivity contribution in [1.29, 1.82) is 0 Å². The third kappa shape index (κ3) is 4.36. The molecule has 2 aromatic heterocycles. The normalized spacial score (nSPS) is 16.1. The Bertz CT molecular complexity index is 1200. The van der Waals surface area contributed by atoms with Gasteiger partial charge in [0, 0.05) is 47.8 Å². The van der Waals surface area contributed by atoms with E-state index in [0.717, 1.165) is 40.4 Å². The molecule has 0 bridgehead atoms. The molecule has 1 aliphatic heterocycles. The summed E-state index contributed by atoms with van der Waals surface area (Å²) in [5.74, 6) is -0.289. The second-order valence-electron chi connectivity index (χ2n) is 7.87. The predicted molar refractivity (Wildman–Crippen MR) is 127 cm³/mol. The maximum Gasteiger partial charge on any atom is 0.321 e. The number of likely N-dealkylation sites (tertiary alicyclic amines) is 1. The first kappa shape index (κ1) is 20.3. The molecule has 1 saturated heterocycles. The number of urea groups is 1. The molecule has 7 nitrogen and oxygen atoms in total. The van der Waals surface area contributed by atoms with Gasteiger partial charge in [-0.15, -0.1) is 11.3 Å². The van der Waals surface area contributed by atoms with E-state index in [-0.39, 0.29) is 17.9 Å². The van der Waals surface area contributed by atoms with Gasteiger partial charge < -0.3 is 15.5 Å². The minimum Gasteiger partial charge on any atom is -0.326 e. The van der Waals surface area contributed by atoms with Gasteiger partial charge in [0.2, 0.25) is 5.91 Å². The summed E-state index contributed by atoms with van der Waals surface area (Å²) in [6, 6.07) is 16.9. The number of piperidine rings is 1. The van der Waals surface area contributed by atoms with Gasteiger partial charge in [0.05, 0.1) is 11.6 Å². The number of aromatic nitrogens is 2. The zero-order valence-electron chi connectivity index (χ0n) is 17.4. The van der Waals surface area contributed by atoms with Crippen LogP contribution in [0.3, 0.4) is 0 Å². The maximum atomic E-state index is 12.8. The van der Waals surface area contributed by atoms with E-state index in [9.17, 15) is 9.59 Å². The molecule has 0 radical (unpaired) electrons. The molecule has 8 heteroatoms.